The first-order chi connectivity index (χ1) is 14.5. The molecule has 1 fully saturated rings. The summed E-state index contributed by atoms with van der Waals surface area (Å²) >= 11 is 0. The second-order valence-electron chi connectivity index (χ2n) is 8.13. The van der Waals surface area contributed by atoms with Gasteiger partial charge in [-0.25, -0.2) is 0 Å². The van der Waals surface area contributed by atoms with E-state index in [1.807, 2.05) is 73.7 Å². The number of aliphatic hydroxyl groups is 1. The highest BCUT2D eigenvalue weighted by molar-refractivity contribution is 6.05. The van der Waals surface area contributed by atoms with Gasteiger partial charge >= 0.3 is 0 Å². The molecule has 4 rings (SSSR count). The largest absolute Gasteiger partial charge is 0.389 e. The van der Waals surface area contributed by atoms with Crippen molar-refractivity contribution in [1.82, 2.24) is 4.90 Å². The Morgan fingerprint density at radius 2 is 1.50 bits per heavy atom. The van der Waals surface area contributed by atoms with Gasteiger partial charge in [0.25, 0.3) is 0 Å². The third-order valence-electron chi connectivity index (χ3n) is 5.93. The molecule has 4 atom stereocenters. The van der Waals surface area contributed by atoms with Crippen LogP contribution < -0.4 is 0 Å². The maximum absolute atomic E-state index is 12.6. The van der Waals surface area contributed by atoms with Crippen LogP contribution in [-0.4, -0.2) is 41.1 Å². The van der Waals surface area contributed by atoms with E-state index in [9.17, 15) is 14.7 Å². The lowest BCUT2D eigenvalue weighted by Gasteiger charge is -2.23. The number of ether oxygens (including phenoxy) is 1. The smallest absolute Gasteiger partial charge is 0.233 e. The molecule has 5 heteroatoms. The topological polar surface area (TPSA) is 66.8 Å². The fourth-order valence-electron chi connectivity index (χ4n) is 4.27. The Morgan fingerprint density at radius 3 is 2.10 bits per heavy atom. The number of likely N-dealkylation sites (tertiary alicyclic amines) is 1. The number of hydrogen-bond donors (Lipinski definition) is 1. The Bertz CT molecular complexity index is 896. The number of fused-ring (bicyclic) bond motifs is 1. The second-order valence-corrected chi connectivity index (χ2v) is 8.13. The highest BCUT2D eigenvalue weighted by atomic mass is 16.5. The van der Waals surface area contributed by atoms with Gasteiger partial charge in [0.2, 0.25) is 11.8 Å². The molecule has 0 spiro atoms. The monoisotopic (exact) mass is 405 g/mol. The van der Waals surface area contributed by atoms with Crippen molar-refractivity contribution in [1.29, 1.82) is 0 Å². The van der Waals surface area contributed by atoms with Crippen molar-refractivity contribution in [2.75, 3.05) is 13.2 Å². The van der Waals surface area contributed by atoms with Crippen LogP contribution in [0, 0.1) is 18.8 Å². The number of benzene rings is 2. The molecule has 2 aromatic rings. The Hall–Kier alpha value is -2.76. The molecule has 1 aliphatic carbocycles. The summed E-state index contributed by atoms with van der Waals surface area (Å²) in [5, 5.41) is 10.6. The van der Waals surface area contributed by atoms with Gasteiger partial charge in [-0.05, 0) is 30.9 Å². The van der Waals surface area contributed by atoms with Gasteiger partial charge in [-0.2, -0.15) is 0 Å². The van der Waals surface area contributed by atoms with Gasteiger partial charge < -0.3 is 9.84 Å². The minimum absolute atomic E-state index is 0.0259. The predicted octanol–water partition coefficient (Wildman–Crippen LogP) is 3.41. The van der Waals surface area contributed by atoms with Crippen LogP contribution in [0.15, 0.2) is 66.7 Å². The van der Waals surface area contributed by atoms with Crippen LogP contribution >= 0.6 is 0 Å². The first kappa shape index (κ1) is 20.5. The molecule has 156 valence electrons. The number of aliphatic hydroxyl groups excluding tert-OH is 1. The average molecular weight is 405 g/mol. The lowest BCUT2D eigenvalue weighted by Crippen LogP contribution is -2.39. The number of aryl methyl sites for hydroxylation is 1. The highest BCUT2D eigenvalue weighted by Gasteiger charge is 2.47. The second kappa shape index (κ2) is 8.94. The van der Waals surface area contributed by atoms with Crippen molar-refractivity contribution in [3.63, 3.8) is 0 Å². The van der Waals surface area contributed by atoms with Crippen LogP contribution in [0.1, 0.15) is 35.6 Å². The van der Waals surface area contributed by atoms with Gasteiger partial charge in [0, 0.05) is 0 Å². The van der Waals surface area contributed by atoms with E-state index < -0.39 is 6.10 Å². The molecule has 2 aromatic carbocycles. The quantitative estimate of drug-likeness (QED) is 0.566. The van der Waals surface area contributed by atoms with Crippen molar-refractivity contribution < 1.29 is 19.4 Å². The Kier molecular flexibility index (Phi) is 6.11. The summed E-state index contributed by atoms with van der Waals surface area (Å²) in [7, 11) is 0. The van der Waals surface area contributed by atoms with Gasteiger partial charge in [0.05, 0.1) is 31.1 Å². The standard InChI is InChI=1S/C25H27NO4/c1-17-11-13-19(14-12-17)23(18-7-3-2-4-8-18)30-16-20(27)15-26-24(28)21-9-5-6-10-22(21)25(26)29/h2-8,11-14,20-23,27H,9-10,15-16H2,1H3/t20-,21-,22+,23+/m0/s1. The molecule has 2 amide bonds. The number of nitrogens with zero attached hydrogens (tertiary/aromatic N) is 1. The molecule has 0 saturated carbocycles. The van der Waals surface area contributed by atoms with Crippen molar-refractivity contribution in [3.05, 3.63) is 83.4 Å². The summed E-state index contributed by atoms with van der Waals surface area (Å²) in [5.74, 6) is -0.904. The number of amides is 2. The molecule has 1 saturated heterocycles. The Balaban J connectivity index is 1.43. The third-order valence-corrected chi connectivity index (χ3v) is 5.93. The molecule has 30 heavy (non-hydrogen) atoms. The van der Waals surface area contributed by atoms with E-state index in [-0.39, 0.29) is 42.9 Å². The van der Waals surface area contributed by atoms with Crippen LogP contribution in [-0.2, 0) is 14.3 Å². The van der Waals surface area contributed by atoms with E-state index in [1.54, 1.807) is 0 Å². The van der Waals surface area contributed by atoms with E-state index in [2.05, 4.69) is 0 Å². The molecular formula is C25H27NO4. The summed E-state index contributed by atoms with van der Waals surface area (Å²) in [6, 6.07) is 17.9. The lowest BCUT2D eigenvalue weighted by atomic mass is 9.85. The lowest BCUT2D eigenvalue weighted by molar-refractivity contribution is -0.142. The van der Waals surface area contributed by atoms with E-state index in [4.69, 9.17) is 4.74 Å². The zero-order valence-corrected chi connectivity index (χ0v) is 17.1. The van der Waals surface area contributed by atoms with Crippen LogP contribution in [0.2, 0.25) is 0 Å². The van der Waals surface area contributed by atoms with Gasteiger partial charge in [-0.1, -0.05) is 72.3 Å². The summed E-state index contributed by atoms with van der Waals surface area (Å²) < 4.78 is 6.10. The number of hydrogen-bond acceptors (Lipinski definition) is 4. The van der Waals surface area contributed by atoms with E-state index in [0.29, 0.717) is 12.8 Å². The molecule has 1 heterocycles. The first-order valence-electron chi connectivity index (χ1n) is 10.5. The zero-order valence-electron chi connectivity index (χ0n) is 17.1. The maximum Gasteiger partial charge on any atom is 0.233 e. The number of carbonyl (C=O) groups is 2. The Morgan fingerprint density at radius 1 is 0.933 bits per heavy atom. The fourth-order valence-corrected chi connectivity index (χ4v) is 4.27. The molecule has 0 radical (unpaired) electrons. The molecule has 0 bridgehead atoms. The van der Waals surface area contributed by atoms with Crippen LogP contribution in [0.4, 0.5) is 0 Å². The molecule has 0 aromatic heterocycles. The Labute approximate surface area is 177 Å². The van der Waals surface area contributed by atoms with Gasteiger partial charge in [-0.3, -0.25) is 14.5 Å². The summed E-state index contributed by atoms with van der Waals surface area (Å²) in [6.07, 6.45) is 3.84. The predicted molar refractivity (Wildman–Crippen MR) is 113 cm³/mol. The van der Waals surface area contributed by atoms with Crippen molar-refractivity contribution in [3.8, 4) is 0 Å². The number of carbonyl (C=O) groups excluding carboxylic acids is 2. The first-order valence-corrected chi connectivity index (χ1v) is 10.5. The SMILES string of the molecule is Cc1ccc([C@H](OC[C@@H](O)CN2C(=O)[C@H]3CC=CC[C@H]3C2=O)c2ccccc2)cc1. The maximum atomic E-state index is 12.6. The van der Waals surface area contributed by atoms with E-state index in [1.165, 1.54) is 4.90 Å². The average Bonchev–Trinajstić information content (AvgIpc) is 3.01. The van der Waals surface area contributed by atoms with Crippen molar-refractivity contribution in [2.45, 2.75) is 32.0 Å². The van der Waals surface area contributed by atoms with Gasteiger partial charge in [0.15, 0.2) is 0 Å². The normalized spacial score (nSPS) is 22.8. The van der Waals surface area contributed by atoms with Crippen LogP contribution in [0.3, 0.4) is 0 Å². The zero-order chi connectivity index (χ0) is 21.1. The number of allylic oxidation sites excluding steroid dienone is 2. The minimum atomic E-state index is -0.942. The van der Waals surface area contributed by atoms with Crippen molar-refractivity contribution >= 4 is 11.8 Å². The molecule has 5 nitrogen and oxygen atoms in total. The van der Waals surface area contributed by atoms with Gasteiger partial charge in [-0.15, -0.1) is 0 Å². The molecule has 1 aliphatic heterocycles. The molecular weight excluding hydrogens is 378 g/mol. The number of β-amino-alcohol motifs (C(OH)–C–C–N with tert-alkyl or cyclic N) is 1. The van der Waals surface area contributed by atoms with Crippen molar-refractivity contribution in [2.24, 2.45) is 11.8 Å². The summed E-state index contributed by atoms with van der Waals surface area (Å²) in [4.78, 5) is 26.5. The summed E-state index contributed by atoms with van der Waals surface area (Å²) in [5.41, 5.74) is 3.14. The van der Waals surface area contributed by atoms with Crippen LogP contribution in [0.5, 0.6) is 0 Å². The van der Waals surface area contributed by atoms with E-state index in [0.717, 1.165) is 16.7 Å². The van der Waals surface area contributed by atoms with Crippen LogP contribution in [0.25, 0.3) is 0 Å². The summed E-state index contributed by atoms with van der Waals surface area (Å²) in [6.45, 7) is 2.03. The number of rotatable bonds is 7. The molecule has 2 aliphatic rings. The number of imide groups is 1. The molecule has 1 N–H and O–H groups in total. The third kappa shape index (κ3) is 4.23. The highest BCUT2D eigenvalue weighted by Crippen LogP contribution is 2.35. The molecule has 0 unspecified atom stereocenters. The van der Waals surface area contributed by atoms with E-state index >= 15 is 0 Å². The fraction of sp³-hybridized carbons (Fsp3) is 0.360. The minimum Gasteiger partial charge on any atom is -0.389 e. The van der Waals surface area contributed by atoms with Gasteiger partial charge in [0.1, 0.15) is 6.10 Å².